The Morgan fingerprint density at radius 1 is 1.19 bits per heavy atom. The fraction of sp³-hybridized carbons (Fsp3) is 0.278. The molecule has 3 heteroatoms. The highest BCUT2D eigenvalue weighted by atomic mass is 79.9. The molecule has 2 nitrogen and oxygen atoms in total. The van der Waals surface area contributed by atoms with E-state index in [9.17, 15) is 4.79 Å². The van der Waals surface area contributed by atoms with Crippen LogP contribution in [-0.2, 0) is 6.54 Å². The van der Waals surface area contributed by atoms with Gasteiger partial charge in [-0.25, -0.2) is 0 Å². The number of carbonyl (C=O) groups excluding carboxylic acids is 1. The average Bonchev–Trinajstić information content (AvgIpc) is 3.32. The summed E-state index contributed by atoms with van der Waals surface area (Å²) in [5, 5.41) is 0. The topological polar surface area (TPSA) is 20.3 Å². The van der Waals surface area contributed by atoms with Gasteiger partial charge in [-0.15, -0.1) is 0 Å². The van der Waals surface area contributed by atoms with E-state index in [0.717, 1.165) is 28.4 Å². The molecule has 1 fully saturated rings. The van der Waals surface area contributed by atoms with Crippen LogP contribution in [0.2, 0.25) is 0 Å². The zero-order valence-electron chi connectivity index (χ0n) is 12.1. The number of hydrogen-bond donors (Lipinski definition) is 0. The third-order valence-electron chi connectivity index (χ3n) is 3.80. The smallest absolute Gasteiger partial charge is 0.255 e. The Morgan fingerprint density at radius 3 is 2.57 bits per heavy atom. The van der Waals surface area contributed by atoms with Crippen molar-refractivity contribution in [3.8, 4) is 0 Å². The Bertz CT molecular complexity index is 650. The summed E-state index contributed by atoms with van der Waals surface area (Å²) >= 11 is 3.51. The first-order chi connectivity index (χ1) is 10.1. The molecule has 0 atom stereocenters. The first kappa shape index (κ1) is 14.3. The summed E-state index contributed by atoms with van der Waals surface area (Å²) in [7, 11) is 0. The molecule has 0 saturated heterocycles. The molecular formula is C18H18BrNO. The number of aryl methyl sites for hydroxylation is 1. The van der Waals surface area contributed by atoms with Crippen molar-refractivity contribution in [3.63, 3.8) is 0 Å². The van der Waals surface area contributed by atoms with Crippen molar-refractivity contribution < 1.29 is 4.79 Å². The molecule has 0 N–H and O–H groups in total. The molecule has 0 aromatic heterocycles. The lowest BCUT2D eigenvalue weighted by atomic mass is 10.1. The highest BCUT2D eigenvalue weighted by Crippen LogP contribution is 2.31. The lowest BCUT2D eigenvalue weighted by Gasteiger charge is -2.23. The van der Waals surface area contributed by atoms with Crippen LogP contribution in [0.15, 0.2) is 53.0 Å². The van der Waals surface area contributed by atoms with Crippen molar-refractivity contribution in [1.82, 2.24) is 4.90 Å². The lowest BCUT2D eigenvalue weighted by molar-refractivity contribution is 0.0729. The maximum absolute atomic E-state index is 12.9. The number of carbonyl (C=O) groups is 1. The van der Waals surface area contributed by atoms with Gasteiger partial charge in [-0.1, -0.05) is 42.0 Å². The van der Waals surface area contributed by atoms with Crippen molar-refractivity contribution in [3.05, 3.63) is 69.7 Å². The monoisotopic (exact) mass is 343 g/mol. The third kappa shape index (κ3) is 3.35. The van der Waals surface area contributed by atoms with Gasteiger partial charge < -0.3 is 4.90 Å². The molecule has 1 aliphatic carbocycles. The van der Waals surface area contributed by atoms with Gasteiger partial charge in [0.2, 0.25) is 0 Å². The standard InChI is InChI=1S/C18H18BrNO/c1-13-7-10-17(19)16(11-13)18(21)20(15-8-9-15)12-14-5-3-2-4-6-14/h2-7,10-11,15H,8-9,12H2,1H3. The van der Waals surface area contributed by atoms with Gasteiger partial charge in [0.1, 0.15) is 0 Å². The summed E-state index contributed by atoms with van der Waals surface area (Å²) in [6, 6.07) is 16.5. The van der Waals surface area contributed by atoms with Crippen LogP contribution < -0.4 is 0 Å². The van der Waals surface area contributed by atoms with E-state index in [0.29, 0.717) is 12.6 Å². The molecule has 1 aliphatic rings. The predicted molar refractivity (Wildman–Crippen MR) is 88.2 cm³/mol. The molecule has 1 amide bonds. The van der Waals surface area contributed by atoms with Gasteiger partial charge in [0, 0.05) is 17.1 Å². The average molecular weight is 344 g/mol. The number of hydrogen-bond acceptors (Lipinski definition) is 1. The fourth-order valence-electron chi connectivity index (χ4n) is 2.49. The van der Waals surface area contributed by atoms with E-state index in [1.807, 2.05) is 48.2 Å². The zero-order chi connectivity index (χ0) is 14.8. The van der Waals surface area contributed by atoms with Crippen LogP contribution >= 0.6 is 15.9 Å². The second-order valence-electron chi connectivity index (χ2n) is 5.63. The highest BCUT2D eigenvalue weighted by molar-refractivity contribution is 9.10. The minimum atomic E-state index is 0.122. The molecule has 0 bridgehead atoms. The van der Waals surface area contributed by atoms with Crippen LogP contribution in [0.5, 0.6) is 0 Å². The van der Waals surface area contributed by atoms with Crippen LogP contribution in [0, 0.1) is 6.92 Å². The first-order valence-corrected chi connectivity index (χ1v) is 8.05. The lowest BCUT2D eigenvalue weighted by Crippen LogP contribution is -2.32. The van der Waals surface area contributed by atoms with Gasteiger partial charge in [0.15, 0.2) is 0 Å². The summed E-state index contributed by atoms with van der Waals surface area (Å²) in [4.78, 5) is 14.9. The van der Waals surface area contributed by atoms with Crippen molar-refractivity contribution >= 4 is 21.8 Å². The first-order valence-electron chi connectivity index (χ1n) is 7.26. The Labute approximate surface area is 133 Å². The van der Waals surface area contributed by atoms with E-state index in [1.165, 1.54) is 5.56 Å². The molecular weight excluding hydrogens is 326 g/mol. The number of rotatable bonds is 4. The van der Waals surface area contributed by atoms with E-state index in [2.05, 4.69) is 28.1 Å². The van der Waals surface area contributed by atoms with Crippen LogP contribution in [0.25, 0.3) is 0 Å². The highest BCUT2D eigenvalue weighted by Gasteiger charge is 2.33. The van der Waals surface area contributed by atoms with Gasteiger partial charge in [-0.2, -0.15) is 0 Å². The predicted octanol–water partition coefficient (Wildman–Crippen LogP) is 4.56. The van der Waals surface area contributed by atoms with E-state index in [-0.39, 0.29) is 5.91 Å². The fourth-order valence-corrected chi connectivity index (χ4v) is 2.91. The maximum Gasteiger partial charge on any atom is 0.255 e. The van der Waals surface area contributed by atoms with E-state index in [1.54, 1.807) is 0 Å². The van der Waals surface area contributed by atoms with Crippen LogP contribution in [-0.4, -0.2) is 16.8 Å². The van der Waals surface area contributed by atoms with Gasteiger partial charge in [0.25, 0.3) is 5.91 Å². The van der Waals surface area contributed by atoms with Gasteiger partial charge in [0.05, 0.1) is 5.56 Å². The molecule has 0 heterocycles. The SMILES string of the molecule is Cc1ccc(Br)c(C(=O)N(Cc2ccccc2)C2CC2)c1. The summed E-state index contributed by atoms with van der Waals surface area (Å²) in [6.45, 7) is 2.70. The normalized spacial score (nSPS) is 14.0. The molecule has 0 unspecified atom stereocenters. The Hall–Kier alpha value is -1.61. The van der Waals surface area contributed by atoms with Crippen molar-refractivity contribution in [2.45, 2.75) is 32.4 Å². The quantitative estimate of drug-likeness (QED) is 0.796. The Balaban J connectivity index is 1.87. The number of nitrogens with zero attached hydrogens (tertiary/aromatic N) is 1. The molecule has 2 aromatic carbocycles. The molecule has 108 valence electrons. The van der Waals surface area contributed by atoms with Crippen LogP contribution in [0.1, 0.15) is 34.3 Å². The summed E-state index contributed by atoms with van der Waals surface area (Å²) in [6.07, 6.45) is 2.23. The van der Waals surface area contributed by atoms with Gasteiger partial charge >= 0.3 is 0 Å². The molecule has 0 radical (unpaired) electrons. The van der Waals surface area contributed by atoms with E-state index in [4.69, 9.17) is 0 Å². The molecule has 3 rings (SSSR count). The minimum absolute atomic E-state index is 0.122. The number of amides is 1. The van der Waals surface area contributed by atoms with Crippen molar-refractivity contribution in [1.29, 1.82) is 0 Å². The summed E-state index contributed by atoms with van der Waals surface area (Å²) in [5.74, 6) is 0.122. The Morgan fingerprint density at radius 2 is 1.90 bits per heavy atom. The van der Waals surface area contributed by atoms with Gasteiger partial charge in [-0.05, 0) is 53.4 Å². The maximum atomic E-state index is 12.9. The van der Waals surface area contributed by atoms with E-state index >= 15 is 0 Å². The number of benzene rings is 2. The second kappa shape index (κ2) is 6.02. The zero-order valence-corrected chi connectivity index (χ0v) is 13.6. The van der Waals surface area contributed by atoms with Crippen LogP contribution in [0.4, 0.5) is 0 Å². The molecule has 1 saturated carbocycles. The third-order valence-corrected chi connectivity index (χ3v) is 4.49. The second-order valence-corrected chi connectivity index (χ2v) is 6.49. The van der Waals surface area contributed by atoms with Crippen LogP contribution in [0.3, 0.4) is 0 Å². The van der Waals surface area contributed by atoms with Crippen molar-refractivity contribution in [2.75, 3.05) is 0 Å². The Kier molecular flexibility index (Phi) is 4.11. The molecule has 0 aliphatic heterocycles. The summed E-state index contributed by atoms with van der Waals surface area (Å²) in [5.41, 5.74) is 3.05. The summed E-state index contributed by atoms with van der Waals surface area (Å²) < 4.78 is 0.872. The largest absolute Gasteiger partial charge is 0.331 e. The van der Waals surface area contributed by atoms with E-state index < -0.39 is 0 Å². The van der Waals surface area contributed by atoms with Gasteiger partial charge in [-0.3, -0.25) is 4.79 Å². The van der Waals surface area contributed by atoms with Crippen molar-refractivity contribution in [2.24, 2.45) is 0 Å². The molecule has 2 aromatic rings. The minimum Gasteiger partial charge on any atom is -0.331 e. The molecule has 0 spiro atoms. The molecule has 21 heavy (non-hydrogen) atoms. The number of halogens is 1.